The van der Waals surface area contributed by atoms with E-state index in [1.807, 2.05) is 24.3 Å². The van der Waals surface area contributed by atoms with Crippen molar-refractivity contribution >= 4 is 41.4 Å². The van der Waals surface area contributed by atoms with Crippen molar-refractivity contribution in [3.63, 3.8) is 0 Å². The molecule has 144 valence electrons. The summed E-state index contributed by atoms with van der Waals surface area (Å²) in [4.78, 5) is 23.7. The number of guanidine groups is 1. The Balaban J connectivity index is 0.00000261. The number of hydrogen-bond acceptors (Lipinski definition) is 5. The van der Waals surface area contributed by atoms with Gasteiger partial charge in [0, 0.05) is 58.1 Å². The Bertz CT molecular complexity index is 778. The van der Waals surface area contributed by atoms with E-state index < -0.39 is 0 Å². The molecule has 0 radical (unpaired) electrons. The molecule has 1 saturated heterocycles. The minimum absolute atomic E-state index is 0. The van der Waals surface area contributed by atoms with Crippen molar-refractivity contribution in [2.75, 3.05) is 38.1 Å². The number of anilines is 1. The number of benzene rings is 1. The van der Waals surface area contributed by atoms with Gasteiger partial charge in [0.05, 0.1) is 4.92 Å². The maximum atomic E-state index is 10.9. The molecule has 1 N–H and O–H groups in total. The number of halogens is 1. The minimum atomic E-state index is -0.380. The van der Waals surface area contributed by atoms with E-state index in [9.17, 15) is 10.1 Å². The van der Waals surface area contributed by atoms with E-state index in [0.29, 0.717) is 6.54 Å². The number of rotatable bonds is 4. The van der Waals surface area contributed by atoms with Crippen molar-refractivity contribution in [2.45, 2.75) is 6.54 Å². The van der Waals surface area contributed by atoms with Crippen LogP contribution in [0.5, 0.6) is 0 Å². The van der Waals surface area contributed by atoms with Crippen molar-refractivity contribution in [1.29, 1.82) is 0 Å². The first kappa shape index (κ1) is 20.9. The first-order valence-corrected chi connectivity index (χ1v) is 8.52. The molecule has 3 rings (SSSR count). The van der Waals surface area contributed by atoms with E-state index in [1.54, 1.807) is 25.4 Å². The van der Waals surface area contributed by atoms with Gasteiger partial charge >= 0.3 is 0 Å². The summed E-state index contributed by atoms with van der Waals surface area (Å²) >= 11 is 0. The summed E-state index contributed by atoms with van der Waals surface area (Å²) in [5.41, 5.74) is 0.954. The van der Waals surface area contributed by atoms with Crippen LogP contribution >= 0.6 is 24.0 Å². The molecule has 0 aliphatic carbocycles. The van der Waals surface area contributed by atoms with Crippen molar-refractivity contribution < 1.29 is 4.92 Å². The molecule has 0 saturated carbocycles. The topological polar surface area (TPSA) is 86.9 Å². The van der Waals surface area contributed by atoms with Gasteiger partial charge in [-0.15, -0.1) is 24.0 Å². The number of pyridine rings is 1. The number of nitro groups is 1. The van der Waals surface area contributed by atoms with Crippen molar-refractivity contribution in [1.82, 2.24) is 15.2 Å². The van der Waals surface area contributed by atoms with Crippen LogP contribution in [0.25, 0.3) is 0 Å². The SMILES string of the molecule is CN=C(NCc1cccc([N+](=O)[O-])c1)N1CCN(c2ccccn2)CC1.I. The third-order valence-corrected chi connectivity index (χ3v) is 4.34. The molecule has 1 aliphatic heterocycles. The number of nitrogens with one attached hydrogen (secondary N) is 1. The highest BCUT2D eigenvalue weighted by Crippen LogP contribution is 2.14. The van der Waals surface area contributed by atoms with E-state index in [0.717, 1.165) is 43.5 Å². The first-order valence-electron chi connectivity index (χ1n) is 8.52. The van der Waals surface area contributed by atoms with E-state index in [-0.39, 0.29) is 34.6 Å². The van der Waals surface area contributed by atoms with Gasteiger partial charge in [0.15, 0.2) is 5.96 Å². The van der Waals surface area contributed by atoms with Crippen LogP contribution in [0, 0.1) is 10.1 Å². The van der Waals surface area contributed by atoms with Crippen molar-refractivity contribution in [3.05, 3.63) is 64.3 Å². The fraction of sp³-hybridized carbons (Fsp3) is 0.333. The molecule has 2 heterocycles. The molecule has 0 amide bonds. The number of piperazine rings is 1. The molecule has 1 aliphatic rings. The Morgan fingerprint density at radius 3 is 2.63 bits per heavy atom. The van der Waals surface area contributed by atoms with Crippen molar-refractivity contribution in [3.8, 4) is 0 Å². The number of nitrogens with zero attached hydrogens (tertiary/aromatic N) is 5. The predicted molar refractivity (Wildman–Crippen MR) is 117 cm³/mol. The van der Waals surface area contributed by atoms with Gasteiger partial charge in [-0.3, -0.25) is 15.1 Å². The number of hydrogen-bond donors (Lipinski definition) is 1. The zero-order valence-electron chi connectivity index (χ0n) is 15.1. The van der Waals surface area contributed by atoms with E-state index in [1.165, 1.54) is 6.07 Å². The second-order valence-electron chi connectivity index (χ2n) is 5.99. The fourth-order valence-electron chi connectivity index (χ4n) is 2.98. The molecule has 27 heavy (non-hydrogen) atoms. The Labute approximate surface area is 175 Å². The summed E-state index contributed by atoms with van der Waals surface area (Å²) in [7, 11) is 1.75. The summed E-state index contributed by atoms with van der Waals surface area (Å²) in [6.45, 7) is 3.91. The molecular formula is C18H23IN6O2. The number of aliphatic imine (C=N–C) groups is 1. The summed E-state index contributed by atoms with van der Waals surface area (Å²) in [5.74, 6) is 1.80. The van der Waals surface area contributed by atoms with Crippen LogP contribution in [0.3, 0.4) is 0 Å². The summed E-state index contributed by atoms with van der Waals surface area (Å²) in [6.07, 6.45) is 1.81. The first-order chi connectivity index (χ1) is 12.7. The van der Waals surface area contributed by atoms with Gasteiger partial charge in [-0.1, -0.05) is 18.2 Å². The maximum absolute atomic E-state index is 10.9. The van der Waals surface area contributed by atoms with E-state index >= 15 is 0 Å². The van der Waals surface area contributed by atoms with Crippen LogP contribution in [0.15, 0.2) is 53.7 Å². The van der Waals surface area contributed by atoms with Gasteiger partial charge in [0.2, 0.25) is 0 Å². The Morgan fingerprint density at radius 2 is 2.00 bits per heavy atom. The number of aromatic nitrogens is 1. The van der Waals surface area contributed by atoms with Gasteiger partial charge in [-0.2, -0.15) is 0 Å². The standard InChI is InChI=1S/C18H22N6O2.HI/c1-19-18(21-14-15-5-4-6-16(13-15)24(25)26)23-11-9-22(10-12-23)17-7-2-3-8-20-17;/h2-8,13H,9-12,14H2,1H3,(H,19,21);1H. The normalized spacial score (nSPS) is 14.5. The third-order valence-electron chi connectivity index (χ3n) is 4.34. The maximum Gasteiger partial charge on any atom is 0.269 e. The van der Waals surface area contributed by atoms with Crippen molar-refractivity contribution in [2.24, 2.45) is 4.99 Å². The minimum Gasteiger partial charge on any atom is -0.353 e. The largest absolute Gasteiger partial charge is 0.353 e. The van der Waals surface area contributed by atoms with Crippen LogP contribution in [-0.2, 0) is 6.54 Å². The molecule has 9 heteroatoms. The van der Waals surface area contributed by atoms with Crippen LogP contribution in [0.1, 0.15) is 5.56 Å². The van der Waals surface area contributed by atoms with Gasteiger partial charge < -0.3 is 15.1 Å². The molecule has 0 atom stereocenters. The average molecular weight is 482 g/mol. The lowest BCUT2D eigenvalue weighted by Crippen LogP contribution is -2.52. The third kappa shape index (κ3) is 5.52. The lowest BCUT2D eigenvalue weighted by atomic mass is 10.2. The smallest absolute Gasteiger partial charge is 0.269 e. The number of non-ortho nitro benzene ring substituents is 1. The quantitative estimate of drug-likeness (QED) is 0.237. The molecular weight excluding hydrogens is 459 g/mol. The molecule has 8 nitrogen and oxygen atoms in total. The molecule has 0 bridgehead atoms. The zero-order valence-corrected chi connectivity index (χ0v) is 17.4. The summed E-state index contributed by atoms with van der Waals surface area (Å²) in [6, 6.07) is 12.6. The zero-order chi connectivity index (χ0) is 18.4. The lowest BCUT2D eigenvalue weighted by Gasteiger charge is -2.37. The molecule has 1 aromatic carbocycles. The molecule has 1 fully saturated rings. The van der Waals surface area contributed by atoms with Gasteiger partial charge in [-0.25, -0.2) is 4.98 Å². The van der Waals surface area contributed by atoms with Gasteiger partial charge in [-0.05, 0) is 17.7 Å². The van der Waals surface area contributed by atoms with E-state index in [2.05, 4.69) is 25.1 Å². The summed E-state index contributed by atoms with van der Waals surface area (Å²) in [5, 5.41) is 14.2. The molecule has 1 aromatic heterocycles. The number of nitro benzene ring substituents is 1. The Kier molecular flexibility index (Phi) is 7.77. The summed E-state index contributed by atoms with van der Waals surface area (Å²) < 4.78 is 0. The molecule has 0 unspecified atom stereocenters. The highest BCUT2D eigenvalue weighted by molar-refractivity contribution is 14.0. The highest BCUT2D eigenvalue weighted by atomic mass is 127. The molecule has 2 aromatic rings. The van der Waals surface area contributed by atoms with Crippen LogP contribution in [0.4, 0.5) is 11.5 Å². The van der Waals surface area contributed by atoms with E-state index in [4.69, 9.17) is 0 Å². The predicted octanol–water partition coefficient (Wildman–Crippen LogP) is 2.51. The molecule has 0 spiro atoms. The Morgan fingerprint density at radius 1 is 1.22 bits per heavy atom. The average Bonchev–Trinajstić information content (AvgIpc) is 2.70. The fourth-order valence-corrected chi connectivity index (χ4v) is 2.98. The van der Waals surface area contributed by atoms with Gasteiger partial charge in [0.1, 0.15) is 5.82 Å². The Hall–Kier alpha value is -2.43. The van der Waals surface area contributed by atoms with Crippen LogP contribution < -0.4 is 10.2 Å². The second-order valence-corrected chi connectivity index (χ2v) is 5.99. The monoisotopic (exact) mass is 482 g/mol. The van der Waals surface area contributed by atoms with Crippen LogP contribution in [-0.4, -0.2) is 54.0 Å². The lowest BCUT2D eigenvalue weighted by molar-refractivity contribution is -0.384. The van der Waals surface area contributed by atoms with Crippen LogP contribution in [0.2, 0.25) is 0 Å². The van der Waals surface area contributed by atoms with Gasteiger partial charge in [0.25, 0.3) is 5.69 Å². The second kappa shape index (κ2) is 10.0. The highest BCUT2D eigenvalue weighted by Gasteiger charge is 2.20.